The molecule has 0 aliphatic heterocycles. The quantitative estimate of drug-likeness (QED) is 0.283. The lowest BCUT2D eigenvalue weighted by molar-refractivity contribution is -0.136. The number of hydrogen-bond acceptors (Lipinski definition) is 3. The zero-order chi connectivity index (χ0) is 11.4. The van der Waals surface area contributed by atoms with Crippen LogP contribution in [0.2, 0.25) is 5.02 Å². The molecule has 0 fully saturated rings. The first-order valence-corrected chi connectivity index (χ1v) is 4.19. The Bertz CT molecular complexity index is 411. The number of benzene rings is 1. The molecule has 0 saturated carbocycles. The van der Waals surface area contributed by atoms with Gasteiger partial charge in [-0.15, -0.1) is 0 Å². The Morgan fingerprint density at radius 3 is 2.53 bits per heavy atom. The molecule has 0 heterocycles. The lowest BCUT2D eigenvalue weighted by Gasteiger charge is -2.05. The van der Waals surface area contributed by atoms with Gasteiger partial charge in [0.05, 0.1) is 10.7 Å². The normalized spacial score (nSPS) is 9.53. The average molecular weight is 232 g/mol. The molecular formula is C8H7ClFN3O2. The van der Waals surface area contributed by atoms with Crippen LogP contribution in [-0.2, 0) is 9.59 Å². The van der Waals surface area contributed by atoms with Crippen LogP contribution in [0.1, 0.15) is 0 Å². The summed E-state index contributed by atoms with van der Waals surface area (Å²) >= 11 is 5.60. The molecule has 0 spiro atoms. The van der Waals surface area contributed by atoms with E-state index in [4.69, 9.17) is 17.4 Å². The van der Waals surface area contributed by atoms with E-state index in [0.717, 1.165) is 12.1 Å². The summed E-state index contributed by atoms with van der Waals surface area (Å²) in [7, 11) is 0. The summed E-state index contributed by atoms with van der Waals surface area (Å²) in [5.41, 5.74) is 1.78. The van der Waals surface area contributed by atoms with Gasteiger partial charge in [0.25, 0.3) is 0 Å². The zero-order valence-corrected chi connectivity index (χ0v) is 8.14. The molecule has 4 N–H and O–H groups in total. The Hall–Kier alpha value is -1.66. The number of carbonyl (C=O) groups excluding carboxylic acids is 2. The molecule has 1 rings (SSSR count). The van der Waals surface area contributed by atoms with E-state index in [2.05, 4.69) is 5.32 Å². The summed E-state index contributed by atoms with van der Waals surface area (Å²) in [5, 5.41) is 2.15. The minimum atomic E-state index is -1.02. The Balaban J connectivity index is 2.81. The van der Waals surface area contributed by atoms with Gasteiger partial charge in [-0.25, -0.2) is 10.2 Å². The topological polar surface area (TPSA) is 84.2 Å². The Morgan fingerprint density at radius 1 is 1.33 bits per heavy atom. The standard InChI is InChI=1S/C8H7ClFN3O2/c9-5-3-4(10)1-2-6(5)12-7(14)8(15)13-11/h1-3H,11H2,(H,12,14)(H,13,15). The maximum absolute atomic E-state index is 12.6. The minimum absolute atomic E-state index is 0.00632. The van der Waals surface area contributed by atoms with Crippen LogP contribution in [0.4, 0.5) is 10.1 Å². The molecule has 7 heteroatoms. The van der Waals surface area contributed by atoms with E-state index in [-0.39, 0.29) is 10.7 Å². The monoisotopic (exact) mass is 231 g/mol. The van der Waals surface area contributed by atoms with Gasteiger partial charge >= 0.3 is 11.8 Å². The van der Waals surface area contributed by atoms with E-state index in [9.17, 15) is 14.0 Å². The second kappa shape index (κ2) is 4.72. The van der Waals surface area contributed by atoms with Crippen LogP contribution in [0.15, 0.2) is 18.2 Å². The molecule has 2 amide bonds. The number of nitrogens with one attached hydrogen (secondary N) is 2. The van der Waals surface area contributed by atoms with E-state index in [1.54, 1.807) is 5.43 Å². The first kappa shape index (κ1) is 11.4. The highest BCUT2D eigenvalue weighted by molar-refractivity contribution is 6.41. The van der Waals surface area contributed by atoms with Crippen molar-refractivity contribution in [3.05, 3.63) is 29.0 Å². The Labute approximate surface area is 89.4 Å². The lowest BCUT2D eigenvalue weighted by atomic mass is 10.3. The summed E-state index contributed by atoms with van der Waals surface area (Å²) in [6, 6.07) is 3.35. The second-order valence-corrected chi connectivity index (χ2v) is 2.96. The summed E-state index contributed by atoms with van der Waals surface area (Å²) in [6.45, 7) is 0. The van der Waals surface area contributed by atoms with Crippen molar-refractivity contribution in [2.45, 2.75) is 0 Å². The molecule has 0 radical (unpaired) electrons. The van der Waals surface area contributed by atoms with Crippen molar-refractivity contribution < 1.29 is 14.0 Å². The van der Waals surface area contributed by atoms with Gasteiger partial charge in [0.2, 0.25) is 0 Å². The predicted molar refractivity (Wildman–Crippen MR) is 52.4 cm³/mol. The van der Waals surface area contributed by atoms with E-state index in [1.807, 2.05) is 0 Å². The fraction of sp³-hybridized carbons (Fsp3) is 0. The van der Waals surface area contributed by atoms with Crippen LogP contribution in [-0.4, -0.2) is 11.8 Å². The molecule has 5 nitrogen and oxygen atoms in total. The molecule has 0 bridgehead atoms. The third kappa shape index (κ3) is 2.90. The van der Waals surface area contributed by atoms with Gasteiger partial charge in [-0.3, -0.25) is 15.0 Å². The molecule has 0 aliphatic rings. The van der Waals surface area contributed by atoms with Crippen molar-refractivity contribution in [2.24, 2.45) is 5.84 Å². The number of carbonyl (C=O) groups is 2. The van der Waals surface area contributed by atoms with Gasteiger partial charge in [0.15, 0.2) is 0 Å². The summed E-state index contributed by atoms with van der Waals surface area (Å²) < 4.78 is 12.6. The van der Waals surface area contributed by atoms with Crippen molar-refractivity contribution >= 4 is 29.1 Å². The van der Waals surface area contributed by atoms with Gasteiger partial charge in [-0.2, -0.15) is 0 Å². The maximum atomic E-state index is 12.6. The van der Waals surface area contributed by atoms with Crippen LogP contribution < -0.4 is 16.6 Å². The highest BCUT2D eigenvalue weighted by Gasteiger charge is 2.13. The van der Waals surface area contributed by atoms with Crippen molar-refractivity contribution in [1.82, 2.24) is 5.43 Å². The molecular weight excluding hydrogens is 225 g/mol. The van der Waals surface area contributed by atoms with E-state index in [1.165, 1.54) is 6.07 Å². The van der Waals surface area contributed by atoms with Crippen molar-refractivity contribution in [2.75, 3.05) is 5.32 Å². The number of amides is 2. The van der Waals surface area contributed by atoms with Crippen LogP contribution in [0.3, 0.4) is 0 Å². The van der Waals surface area contributed by atoms with Crippen LogP contribution in [0, 0.1) is 5.82 Å². The van der Waals surface area contributed by atoms with E-state index >= 15 is 0 Å². The third-order valence-corrected chi connectivity index (χ3v) is 1.83. The van der Waals surface area contributed by atoms with Gasteiger partial charge in [-0.1, -0.05) is 11.6 Å². The highest BCUT2D eigenvalue weighted by atomic mass is 35.5. The average Bonchev–Trinajstić information content (AvgIpc) is 2.20. The number of hydrogen-bond donors (Lipinski definition) is 3. The molecule has 0 unspecified atom stereocenters. The van der Waals surface area contributed by atoms with Gasteiger partial charge in [-0.05, 0) is 18.2 Å². The Kier molecular flexibility index (Phi) is 3.59. The highest BCUT2D eigenvalue weighted by Crippen LogP contribution is 2.22. The van der Waals surface area contributed by atoms with Crippen LogP contribution >= 0.6 is 11.6 Å². The molecule has 15 heavy (non-hydrogen) atoms. The Morgan fingerprint density at radius 2 is 2.00 bits per heavy atom. The van der Waals surface area contributed by atoms with Crippen molar-refractivity contribution in [3.63, 3.8) is 0 Å². The summed E-state index contributed by atoms with van der Waals surface area (Å²) in [6.07, 6.45) is 0. The maximum Gasteiger partial charge on any atom is 0.323 e. The number of nitrogens with two attached hydrogens (primary N) is 1. The van der Waals surface area contributed by atoms with Gasteiger partial charge < -0.3 is 5.32 Å². The fourth-order valence-corrected chi connectivity index (χ4v) is 1.05. The van der Waals surface area contributed by atoms with Gasteiger partial charge in [0.1, 0.15) is 5.82 Å². The fourth-order valence-electron chi connectivity index (χ4n) is 0.835. The zero-order valence-electron chi connectivity index (χ0n) is 7.38. The molecule has 0 saturated heterocycles. The van der Waals surface area contributed by atoms with Crippen molar-refractivity contribution in [1.29, 1.82) is 0 Å². The van der Waals surface area contributed by atoms with Crippen LogP contribution in [0.25, 0.3) is 0 Å². The molecule has 0 atom stereocenters. The predicted octanol–water partition coefficient (Wildman–Crippen LogP) is 0.407. The smallest absolute Gasteiger partial charge is 0.316 e. The lowest BCUT2D eigenvalue weighted by Crippen LogP contribution is -2.39. The summed E-state index contributed by atoms with van der Waals surface area (Å²) in [4.78, 5) is 21.8. The molecule has 1 aromatic rings. The molecule has 1 aromatic carbocycles. The van der Waals surface area contributed by atoms with Crippen molar-refractivity contribution in [3.8, 4) is 0 Å². The molecule has 0 aromatic heterocycles. The second-order valence-electron chi connectivity index (χ2n) is 2.55. The third-order valence-electron chi connectivity index (χ3n) is 1.52. The minimum Gasteiger partial charge on any atom is -0.316 e. The number of hydrazine groups is 1. The van der Waals surface area contributed by atoms with E-state index in [0.29, 0.717) is 0 Å². The SMILES string of the molecule is NNC(=O)C(=O)Nc1ccc(F)cc1Cl. The summed E-state index contributed by atoms with van der Waals surface area (Å²) in [5.74, 6) is 2.20. The first-order chi connectivity index (χ1) is 7.04. The number of anilines is 1. The molecule has 80 valence electrons. The number of rotatable bonds is 1. The number of halogens is 2. The largest absolute Gasteiger partial charge is 0.323 e. The van der Waals surface area contributed by atoms with Gasteiger partial charge in [0, 0.05) is 0 Å². The van der Waals surface area contributed by atoms with Crippen LogP contribution in [0.5, 0.6) is 0 Å². The first-order valence-electron chi connectivity index (χ1n) is 3.81. The van der Waals surface area contributed by atoms with E-state index < -0.39 is 17.6 Å². The molecule has 0 aliphatic carbocycles.